The Kier molecular flexibility index (Phi) is 5.12. The highest BCUT2D eigenvalue weighted by molar-refractivity contribution is 6.04. The highest BCUT2D eigenvalue weighted by atomic mass is 16.2. The van der Waals surface area contributed by atoms with Crippen molar-refractivity contribution in [1.82, 2.24) is 14.7 Å². The third kappa shape index (κ3) is 4.16. The molecule has 1 aromatic heterocycles. The summed E-state index contributed by atoms with van der Waals surface area (Å²) in [6.07, 6.45) is 3.24. The number of anilines is 1. The van der Waals surface area contributed by atoms with Crippen LogP contribution in [0.4, 0.5) is 5.69 Å². The van der Waals surface area contributed by atoms with Gasteiger partial charge < -0.3 is 10.2 Å². The number of carbonyl (C=O) groups excluding carboxylic acids is 2. The molecule has 0 unspecified atom stereocenters. The van der Waals surface area contributed by atoms with Crippen LogP contribution in [0.3, 0.4) is 0 Å². The Morgan fingerprint density at radius 2 is 1.81 bits per heavy atom. The van der Waals surface area contributed by atoms with E-state index in [9.17, 15) is 9.59 Å². The first-order valence-electron chi connectivity index (χ1n) is 8.22. The molecule has 0 bridgehead atoms. The van der Waals surface area contributed by atoms with Crippen LogP contribution in [0.15, 0.2) is 67.0 Å². The van der Waals surface area contributed by atoms with Gasteiger partial charge in [-0.25, -0.2) is 0 Å². The molecule has 3 aromatic rings. The van der Waals surface area contributed by atoms with E-state index in [0.29, 0.717) is 23.4 Å². The summed E-state index contributed by atoms with van der Waals surface area (Å²) in [7, 11) is 3.38. The fourth-order valence-corrected chi connectivity index (χ4v) is 2.53. The van der Waals surface area contributed by atoms with Gasteiger partial charge in [-0.2, -0.15) is 5.10 Å². The third-order valence-corrected chi connectivity index (χ3v) is 3.86. The van der Waals surface area contributed by atoms with E-state index in [-0.39, 0.29) is 11.8 Å². The number of aromatic nitrogens is 2. The second-order valence-electron chi connectivity index (χ2n) is 6.15. The number of carbonyl (C=O) groups is 2. The molecule has 0 saturated heterocycles. The van der Waals surface area contributed by atoms with Crippen molar-refractivity contribution in [3.05, 3.63) is 83.7 Å². The number of nitrogens with zero attached hydrogens (tertiary/aromatic N) is 3. The van der Waals surface area contributed by atoms with E-state index >= 15 is 0 Å². The number of hydrogen-bond donors (Lipinski definition) is 1. The standard InChI is InChI=1S/C20H20N4O2/c1-23(2)20(26)16-9-6-10-18(11-16)22-19(25)17-12-21-24(14-17)13-15-7-4-3-5-8-15/h3-12,14H,13H2,1-2H3,(H,22,25). The zero-order chi connectivity index (χ0) is 18.5. The molecule has 1 N–H and O–H groups in total. The Hall–Kier alpha value is -3.41. The molecular weight excluding hydrogens is 328 g/mol. The van der Waals surface area contributed by atoms with E-state index in [1.807, 2.05) is 30.3 Å². The van der Waals surface area contributed by atoms with Crippen molar-refractivity contribution < 1.29 is 9.59 Å². The van der Waals surface area contributed by atoms with Crippen LogP contribution in [-0.4, -0.2) is 40.6 Å². The fourth-order valence-electron chi connectivity index (χ4n) is 2.53. The lowest BCUT2D eigenvalue weighted by atomic mass is 10.1. The molecule has 0 aliphatic rings. The largest absolute Gasteiger partial charge is 0.345 e. The van der Waals surface area contributed by atoms with Gasteiger partial charge in [0.25, 0.3) is 11.8 Å². The SMILES string of the molecule is CN(C)C(=O)c1cccc(NC(=O)c2cnn(Cc3ccccc3)c2)c1. The average molecular weight is 348 g/mol. The molecule has 0 aliphatic heterocycles. The molecular formula is C20H20N4O2. The first-order valence-corrected chi connectivity index (χ1v) is 8.22. The molecule has 2 amide bonds. The van der Waals surface area contributed by atoms with Crippen molar-refractivity contribution in [3.8, 4) is 0 Å². The average Bonchev–Trinajstić information content (AvgIpc) is 3.10. The molecule has 6 nitrogen and oxygen atoms in total. The molecule has 2 aromatic carbocycles. The van der Waals surface area contributed by atoms with Crippen molar-refractivity contribution in [2.24, 2.45) is 0 Å². The van der Waals surface area contributed by atoms with E-state index in [2.05, 4.69) is 10.4 Å². The summed E-state index contributed by atoms with van der Waals surface area (Å²) < 4.78 is 1.72. The Morgan fingerprint density at radius 1 is 1.04 bits per heavy atom. The lowest BCUT2D eigenvalue weighted by Gasteiger charge is -2.11. The predicted molar refractivity (Wildman–Crippen MR) is 100 cm³/mol. The number of hydrogen-bond acceptors (Lipinski definition) is 3. The van der Waals surface area contributed by atoms with E-state index in [1.165, 1.54) is 11.1 Å². The Morgan fingerprint density at radius 3 is 2.54 bits per heavy atom. The molecule has 0 fully saturated rings. The second kappa shape index (κ2) is 7.65. The number of nitrogens with one attached hydrogen (secondary N) is 1. The summed E-state index contributed by atoms with van der Waals surface area (Å²) in [6.45, 7) is 0.598. The summed E-state index contributed by atoms with van der Waals surface area (Å²) in [5.74, 6) is -0.379. The van der Waals surface area contributed by atoms with Crippen molar-refractivity contribution >= 4 is 17.5 Å². The fraction of sp³-hybridized carbons (Fsp3) is 0.150. The minimum absolute atomic E-state index is 0.114. The topological polar surface area (TPSA) is 67.2 Å². The van der Waals surface area contributed by atoms with Gasteiger partial charge in [0.05, 0.1) is 18.3 Å². The molecule has 26 heavy (non-hydrogen) atoms. The Bertz CT molecular complexity index is 916. The van der Waals surface area contributed by atoms with E-state index in [0.717, 1.165) is 5.56 Å². The summed E-state index contributed by atoms with van der Waals surface area (Å²) in [4.78, 5) is 26.0. The minimum atomic E-state index is -0.265. The van der Waals surface area contributed by atoms with Gasteiger partial charge in [-0.05, 0) is 23.8 Å². The first-order chi connectivity index (χ1) is 12.5. The van der Waals surface area contributed by atoms with Gasteiger partial charge in [0.2, 0.25) is 0 Å². The zero-order valence-electron chi connectivity index (χ0n) is 14.7. The number of rotatable bonds is 5. The van der Waals surface area contributed by atoms with Crippen LogP contribution in [0.1, 0.15) is 26.3 Å². The van der Waals surface area contributed by atoms with Crippen LogP contribution in [0, 0.1) is 0 Å². The van der Waals surface area contributed by atoms with Gasteiger partial charge in [-0.15, -0.1) is 0 Å². The van der Waals surface area contributed by atoms with Crippen molar-refractivity contribution in [2.45, 2.75) is 6.54 Å². The number of amides is 2. The van der Waals surface area contributed by atoms with Crippen LogP contribution in [0.25, 0.3) is 0 Å². The van der Waals surface area contributed by atoms with Crippen LogP contribution in [0.5, 0.6) is 0 Å². The molecule has 1 heterocycles. The molecule has 6 heteroatoms. The Balaban J connectivity index is 1.69. The molecule has 0 radical (unpaired) electrons. The summed E-state index contributed by atoms with van der Waals surface area (Å²) >= 11 is 0. The summed E-state index contributed by atoms with van der Waals surface area (Å²) in [5.41, 5.74) is 2.66. The molecule has 0 aliphatic carbocycles. The van der Waals surface area contributed by atoms with Crippen LogP contribution < -0.4 is 5.32 Å². The maximum absolute atomic E-state index is 12.4. The maximum atomic E-state index is 12.4. The summed E-state index contributed by atoms with van der Waals surface area (Å²) in [6, 6.07) is 16.8. The maximum Gasteiger partial charge on any atom is 0.258 e. The lowest BCUT2D eigenvalue weighted by molar-refractivity contribution is 0.0827. The van der Waals surface area contributed by atoms with Crippen molar-refractivity contribution in [3.63, 3.8) is 0 Å². The number of benzene rings is 2. The van der Waals surface area contributed by atoms with Crippen LogP contribution in [-0.2, 0) is 6.54 Å². The second-order valence-corrected chi connectivity index (χ2v) is 6.15. The monoisotopic (exact) mass is 348 g/mol. The van der Waals surface area contributed by atoms with E-state index in [4.69, 9.17) is 0 Å². The van der Waals surface area contributed by atoms with E-state index in [1.54, 1.807) is 49.2 Å². The van der Waals surface area contributed by atoms with Gasteiger partial charge in [0.1, 0.15) is 0 Å². The van der Waals surface area contributed by atoms with Crippen LogP contribution in [0.2, 0.25) is 0 Å². The first kappa shape index (κ1) is 17.4. The molecule has 3 rings (SSSR count). The highest BCUT2D eigenvalue weighted by Crippen LogP contribution is 2.14. The zero-order valence-corrected chi connectivity index (χ0v) is 14.7. The van der Waals surface area contributed by atoms with E-state index < -0.39 is 0 Å². The van der Waals surface area contributed by atoms with Gasteiger partial charge in [0, 0.05) is 31.5 Å². The molecule has 132 valence electrons. The molecule has 0 spiro atoms. The van der Waals surface area contributed by atoms with Gasteiger partial charge in [0.15, 0.2) is 0 Å². The van der Waals surface area contributed by atoms with Gasteiger partial charge in [-0.1, -0.05) is 36.4 Å². The lowest BCUT2D eigenvalue weighted by Crippen LogP contribution is -2.21. The molecule has 0 atom stereocenters. The van der Waals surface area contributed by atoms with Gasteiger partial charge >= 0.3 is 0 Å². The Labute approximate surface area is 152 Å². The third-order valence-electron chi connectivity index (χ3n) is 3.86. The van der Waals surface area contributed by atoms with Crippen LogP contribution >= 0.6 is 0 Å². The van der Waals surface area contributed by atoms with Crippen molar-refractivity contribution in [2.75, 3.05) is 19.4 Å². The summed E-state index contributed by atoms with van der Waals surface area (Å²) in [5, 5.41) is 7.04. The highest BCUT2D eigenvalue weighted by Gasteiger charge is 2.12. The minimum Gasteiger partial charge on any atom is -0.345 e. The normalized spacial score (nSPS) is 10.4. The van der Waals surface area contributed by atoms with Crippen molar-refractivity contribution in [1.29, 1.82) is 0 Å². The van der Waals surface area contributed by atoms with Gasteiger partial charge in [-0.3, -0.25) is 14.3 Å². The predicted octanol–water partition coefficient (Wildman–Crippen LogP) is 2.89. The smallest absolute Gasteiger partial charge is 0.258 e. The quantitative estimate of drug-likeness (QED) is 0.771. The molecule has 0 saturated carbocycles.